The van der Waals surface area contributed by atoms with Gasteiger partial charge >= 0.3 is 0 Å². The molecule has 1 N–H and O–H groups in total. The van der Waals surface area contributed by atoms with Crippen LogP contribution in [0.1, 0.15) is 5.69 Å². The van der Waals surface area contributed by atoms with Crippen molar-refractivity contribution in [2.45, 2.75) is 19.6 Å². The zero-order chi connectivity index (χ0) is 21.3. The number of aryl methyl sites for hydroxylation is 1. The van der Waals surface area contributed by atoms with Gasteiger partial charge in [0.1, 0.15) is 18.9 Å². The summed E-state index contributed by atoms with van der Waals surface area (Å²) < 4.78 is 12.7. The van der Waals surface area contributed by atoms with Crippen molar-refractivity contribution in [3.8, 4) is 17.2 Å². The van der Waals surface area contributed by atoms with Crippen LogP contribution in [-0.2, 0) is 16.1 Å². The van der Waals surface area contributed by atoms with Gasteiger partial charge in [-0.05, 0) is 25.1 Å². The highest BCUT2D eigenvalue weighted by atomic mass is 16.6. The largest absolute Gasteiger partial charge is 0.508 e. The van der Waals surface area contributed by atoms with Crippen LogP contribution in [0.2, 0.25) is 0 Å². The van der Waals surface area contributed by atoms with E-state index in [0.29, 0.717) is 43.4 Å². The number of para-hydroxylation sites is 2. The molecule has 1 fully saturated rings. The number of pyridine rings is 1. The number of amides is 2. The first-order valence-electron chi connectivity index (χ1n) is 9.78. The quantitative estimate of drug-likeness (QED) is 0.781. The molecule has 4 rings (SSSR count). The Bertz CT molecular complexity index is 1030. The molecule has 0 saturated carbocycles. The van der Waals surface area contributed by atoms with E-state index in [4.69, 9.17) is 9.47 Å². The van der Waals surface area contributed by atoms with E-state index >= 15 is 0 Å². The summed E-state index contributed by atoms with van der Waals surface area (Å²) in [6.07, 6.45) is -0.708. The van der Waals surface area contributed by atoms with Gasteiger partial charge in [0.05, 0.1) is 0 Å². The van der Waals surface area contributed by atoms with Crippen LogP contribution in [0.5, 0.6) is 17.2 Å². The summed E-state index contributed by atoms with van der Waals surface area (Å²) in [5.41, 5.74) is 0.0845. The first-order chi connectivity index (χ1) is 14.4. The van der Waals surface area contributed by atoms with E-state index in [-0.39, 0.29) is 30.7 Å². The maximum absolute atomic E-state index is 12.8. The van der Waals surface area contributed by atoms with Gasteiger partial charge < -0.3 is 28.9 Å². The highest BCUT2D eigenvalue weighted by Crippen LogP contribution is 2.31. The number of ether oxygens (including phenoxy) is 2. The van der Waals surface area contributed by atoms with Gasteiger partial charge in [-0.2, -0.15) is 0 Å². The van der Waals surface area contributed by atoms with Crippen LogP contribution in [-0.4, -0.2) is 70.2 Å². The summed E-state index contributed by atoms with van der Waals surface area (Å²) in [6, 6.07) is 9.74. The monoisotopic (exact) mass is 413 g/mol. The van der Waals surface area contributed by atoms with Crippen LogP contribution in [0.4, 0.5) is 0 Å². The Labute approximate surface area is 173 Å². The van der Waals surface area contributed by atoms with Gasteiger partial charge in [0.25, 0.3) is 11.5 Å². The Morgan fingerprint density at radius 1 is 1.07 bits per heavy atom. The van der Waals surface area contributed by atoms with Crippen LogP contribution >= 0.6 is 0 Å². The molecule has 3 heterocycles. The molecule has 9 heteroatoms. The Kier molecular flexibility index (Phi) is 5.35. The van der Waals surface area contributed by atoms with Crippen molar-refractivity contribution >= 4 is 11.8 Å². The van der Waals surface area contributed by atoms with Crippen molar-refractivity contribution in [2.24, 2.45) is 0 Å². The van der Waals surface area contributed by atoms with E-state index in [1.807, 2.05) is 12.1 Å². The second-order valence-corrected chi connectivity index (χ2v) is 7.35. The van der Waals surface area contributed by atoms with Crippen molar-refractivity contribution in [3.05, 3.63) is 52.4 Å². The molecule has 2 amide bonds. The average molecular weight is 413 g/mol. The molecular weight excluding hydrogens is 390 g/mol. The van der Waals surface area contributed by atoms with Crippen LogP contribution in [0.3, 0.4) is 0 Å². The minimum Gasteiger partial charge on any atom is -0.508 e. The molecule has 2 aliphatic rings. The highest BCUT2D eigenvalue weighted by Gasteiger charge is 2.33. The molecule has 0 aliphatic carbocycles. The second kappa shape index (κ2) is 8.10. The SMILES string of the molecule is Cc1cc(O)cc(=O)n1CC(=O)N1CCN(C(=O)[C@H]2COc3ccccc3O2)CC1. The summed E-state index contributed by atoms with van der Waals surface area (Å²) in [6.45, 7) is 3.23. The lowest BCUT2D eigenvalue weighted by Gasteiger charge is -2.37. The van der Waals surface area contributed by atoms with Gasteiger partial charge in [-0.15, -0.1) is 0 Å². The number of nitrogens with zero attached hydrogens (tertiary/aromatic N) is 3. The van der Waals surface area contributed by atoms with Crippen LogP contribution in [0.15, 0.2) is 41.2 Å². The molecule has 0 radical (unpaired) electrons. The molecule has 2 aliphatic heterocycles. The van der Waals surface area contributed by atoms with Crippen molar-refractivity contribution in [1.29, 1.82) is 0 Å². The number of carbonyl (C=O) groups excluding carboxylic acids is 2. The second-order valence-electron chi connectivity index (χ2n) is 7.35. The maximum atomic E-state index is 12.8. The number of fused-ring (bicyclic) bond motifs is 1. The third-order valence-electron chi connectivity index (χ3n) is 5.34. The molecular formula is C21H23N3O6. The number of aromatic nitrogens is 1. The number of aromatic hydroxyl groups is 1. The van der Waals surface area contributed by atoms with E-state index in [2.05, 4.69) is 0 Å². The van der Waals surface area contributed by atoms with E-state index in [9.17, 15) is 19.5 Å². The fraction of sp³-hybridized carbons (Fsp3) is 0.381. The molecule has 30 heavy (non-hydrogen) atoms. The van der Waals surface area contributed by atoms with Crippen LogP contribution in [0, 0.1) is 6.92 Å². The molecule has 1 aromatic heterocycles. The Hall–Kier alpha value is -3.49. The van der Waals surface area contributed by atoms with Gasteiger partial charge in [0.15, 0.2) is 11.5 Å². The van der Waals surface area contributed by atoms with E-state index < -0.39 is 11.7 Å². The summed E-state index contributed by atoms with van der Waals surface area (Å²) in [4.78, 5) is 40.8. The standard InChI is InChI=1S/C21H23N3O6/c1-14-10-15(25)11-19(26)24(14)12-20(27)22-6-8-23(9-7-22)21(28)18-13-29-16-4-2-3-5-17(16)30-18/h2-5,10-11,18,25H,6-9,12-13H2,1H3/t18-/m1/s1. The number of piperazine rings is 1. The molecule has 9 nitrogen and oxygen atoms in total. The predicted octanol–water partition coefficient (Wildman–Crippen LogP) is 0.373. The number of benzene rings is 1. The lowest BCUT2D eigenvalue weighted by Crippen LogP contribution is -2.55. The van der Waals surface area contributed by atoms with Crippen molar-refractivity contribution in [1.82, 2.24) is 14.4 Å². The van der Waals surface area contributed by atoms with Gasteiger partial charge in [-0.1, -0.05) is 12.1 Å². The Balaban J connectivity index is 1.33. The molecule has 1 aromatic carbocycles. The molecule has 0 bridgehead atoms. The third-order valence-corrected chi connectivity index (χ3v) is 5.34. The fourth-order valence-electron chi connectivity index (χ4n) is 3.67. The smallest absolute Gasteiger partial charge is 0.267 e. The molecule has 158 valence electrons. The van der Waals surface area contributed by atoms with Crippen molar-refractivity contribution in [3.63, 3.8) is 0 Å². The highest BCUT2D eigenvalue weighted by molar-refractivity contribution is 5.82. The summed E-state index contributed by atoms with van der Waals surface area (Å²) in [5, 5.41) is 9.48. The van der Waals surface area contributed by atoms with Crippen molar-refractivity contribution in [2.75, 3.05) is 32.8 Å². The molecule has 2 aromatic rings. The molecule has 1 saturated heterocycles. The zero-order valence-electron chi connectivity index (χ0n) is 16.6. The Morgan fingerprint density at radius 2 is 1.73 bits per heavy atom. The van der Waals surface area contributed by atoms with E-state index in [1.165, 1.54) is 10.6 Å². The maximum Gasteiger partial charge on any atom is 0.267 e. The molecule has 0 unspecified atom stereocenters. The summed E-state index contributed by atoms with van der Waals surface area (Å²) >= 11 is 0. The van der Waals surface area contributed by atoms with E-state index in [0.717, 1.165) is 6.07 Å². The first-order valence-corrected chi connectivity index (χ1v) is 9.78. The lowest BCUT2D eigenvalue weighted by molar-refractivity contribution is -0.146. The molecule has 0 spiro atoms. The average Bonchev–Trinajstić information content (AvgIpc) is 2.75. The van der Waals surface area contributed by atoms with Crippen LogP contribution < -0.4 is 15.0 Å². The number of rotatable bonds is 3. The third kappa shape index (κ3) is 3.96. The zero-order valence-corrected chi connectivity index (χ0v) is 16.6. The predicted molar refractivity (Wildman–Crippen MR) is 107 cm³/mol. The van der Waals surface area contributed by atoms with Gasteiger partial charge in [0, 0.05) is 37.9 Å². The minimum atomic E-state index is -0.708. The fourth-order valence-corrected chi connectivity index (χ4v) is 3.67. The normalized spacial score (nSPS) is 18.2. The molecule has 1 atom stereocenters. The van der Waals surface area contributed by atoms with Gasteiger partial charge in [-0.3, -0.25) is 14.4 Å². The number of carbonyl (C=O) groups is 2. The lowest BCUT2D eigenvalue weighted by atomic mass is 10.2. The Morgan fingerprint density at radius 3 is 2.43 bits per heavy atom. The summed E-state index contributed by atoms with van der Waals surface area (Å²) in [5.74, 6) is 0.679. The topological polar surface area (TPSA) is 101 Å². The summed E-state index contributed by atoms with van der Waals surface area (Å²) in [7, 11) is 0. The van der Waals surface area contributed by atoms with Crippen molar-refractivity contribution < 1.29 is 24.2 Å². The minimum absolute atomic E-state index is 0.102. The first kappa shape index (κ1) is 19.8. The van der Waals surface area contributed by atoms with Gasteiger partial charge in [0.2, 0.25) is 12.0 Å². The number of hydrogen-bond acceptors (Lipinski definition) is 6. The number of hydrogen-bond donors (Lipinski definition) is 1. The van der Waals surface area contributed by atoms with Gasteiger partial charge in [-0.25, -0.2) is 0 Å². The van der Waals surface area contributed by atoms with Crippen LogP contribution in [0.25, 0.3) is 0 Å². The van der Waals surface area contributed by atoms with E-state index in [1.54, 1.807) is 28.9 Å².